The van der Waals surface area contributed by atoms with E-state index in [0.29, 0.717) is 16.8 Å². The van der Waals surface area contributed by atoms with E-state index in [2.05, 4.69) is 10.3 Å². The van der Waals surface area contributed by atoms with Crippen LogP contribution in [0.15, 0.2) is 128 Å². The van der Waals surface area contributed by atoms with Gasteiger partial charge in [0.2, 0.25) is 0 Å². The molecule has 4 aromatic carbocycles. The summed E-state index contributed by atoms with van der Waals surface area (Å²) in [6.45, 7) is 0. The second-order valence-electron chi connectivity index (χ2n) is 8.70. The first-order chi connectivity index (χ1) is 18.5. The summed E-state index contributed by atoms with van der Waals surface area (Å²) < 4.78 is 0. The molecule has 1 aromatic heterocycles. The first-order valence-electron chi connectivity index (χ1n) is 11.9. The van der Waals surface area contributed by atoms with Gasteiger partial charge in [-0.2, -0.15) is 0 Å². The number of nitro benzene ring substituents is 1. The largest absolute Gasteiger partial charge is 0.367 e. The highest BCUT2D eigenvalue weighted by molar-refractivity contribution is 6.30. The van der Waals surface area contributed by atoms with Gasteiger partial charge in [0.05, 0.1) is 10.6 Å². The average molecular weight is 519 g/mol. The maximum absolute atomic E-state index is 11.7. The van der Waals surface area contributed by atoms with Crippen LogP contribution in [-0.4, -0.2) is 15.6 Å². The molecule has 0 unspecified atom stereocenters. The number of benzene rings is 4. The minimum absolute atomic E-state index is 0.0867. The summed E-state index contributed by atoms with van der Waals surface area (Å²) in [5.41, 5.74) is 3.45. The van der Waals surface area contributed by atoms with E-state index in [1.165, 1.54) is 18.3 Å². The van der Waals surface area contributed by atoms with Gasteiger partial charge in [0.25, 0.3) is 5.69 Å². The standard InChI is InChI=1S/C31H23ClN4O2/c32-29-20-22(18-19-34-29)30(33)27-21-26(36(37)38)16-17-28(27)35-31(23-10-4-1-5-11-23,24-12-6-2-7-13-24)25-14-8-3-9-15-25/h1-21,33,35H. The monoisotopic (exact) mass is 518 g/mol. The Morgan fingerprint density at radius 1 is 0.789 bits per heavy atom. The third-order valence-corrected chi connectivity index (χ3v) is 6.65. The molecule has 0 aliphatic rings. The lowest BCUT2D eigenvalue weighted by Gasteiger charge is -2.38. The Morgan fingerprint density at radius 2 is 1.32 bits per heavy atom. The van der Waals surface area contributed by atoms with Crippen molar-refractivity contribution in [2.45, 2.75) is 5.54 Å². The fourth-order valence-corrected chi connectivity index (χ4v) is 4.83. The van der Waals surface area contributed by atoms with E-state index in [1.54, 1.807) is 18.2 Å². The quantitative estimate of drug-likeness (QED) is 0.0732. The van der Waals surface area contributed by atoms with Gasteiger partial charge in [-0.05, 0) is 34.9 Å². The summed E-state index contributed by atoms with van der Waals surface area (Å²) in [5, 5.41) is 24.7. The fraction of sp³-hybridized carbons (Fsp3) is 0.0323. The summed E-state index contributed by atoms with van der Waals surface area (Å²) >= 11 is 6.11. The van der Waals surface area contributed by atoms with Gasteiger partial charge in [-0.1, -0.05) is 103 Å². The molecule has 2 N–H and O–H groups in total. The highest BCUT2D eigenvalue weighted by Crippen LogP contribution is 2.41. The van der Waals surface area contributed by atoms with Crippen molar-refractivity contribution in [3.05, 3.63) is 171 Å². The topological polar surface area (TPSA) is 91.9 Å². The second-order valence-corrected chi connectivity index (χ2v) is 9.09. The van der Waals surface area contributed by atoms with Crippen LogP contribution in [0.5, 0.6) is 0 Å². The van der Waals surface area contributed by atoms with Crippen LogP contribution in [0.3, 0.4) is 0 Å². The molecule has 1 heterocycles. The van der Waals surface area contributed by atoms with Crippen LogP contribution >= 0.6 is 11.6 Å². The maximum Gasteiger partial charge on any atom is 0.270 e. The number of non-ortho nitro benzene ring substituents is 1. The van der Waals surface area contributed by atoms with E-state index in [9.17, 15) is 10.1 Å². The van der Waals surface area contributed by atoms with Gasteiger partial charge < -0.3 is 5.32 Å². The molecule has 0 fully saturated rings. The van der Waals surface area contributed by atoms with Crippen LogP contribution in [0.1, 0.15) is 27.8 Å². The van der Waals surface area contributed by atoms with Crippen LogP contribution in [-0.2, 0) is 5.54 Å². The van der Waals surface area contributed by atoms with Gasteiger partial charge >= 0.3 is 0 Å². The molecule has 38 heavy (non-hydrogen) atoms. The van der Waals surface area contributed by atoms with E-state index in [0.717, 1.165) is 16.7 Å². The third kappa shape index (κ3) is 4.77. The van der Waals surface area contributed by atoms with E-state index < -0.39 is 10.5 Å². The molecule has 5 rings (SSSR count). The highest BCUT2D eigenvalue weighted by atomic mass is 35.5. The maximum atomic E-state index is 11.7. The molecule has 0 aliphatic carbocycles. The normalized spacial score (nSPS) is 11.1. The number of aromatic nitrogens is 1. The third-order valence-electron chi connectivity index (χ3n) is 6.44. The van der Waals surface area contributed by atoms with Crippen molar-refractivity contribution in [1.82, 2.24) is 4.98 Å². The minimum atomic E-state index is -0.870. The van der Waals surface area contributed by atoms with Crippen LogP contribution in [0.2, 0.25) is 5.15 Å². The lowest BCUT2D eigenvalue weighted by molar-refractivity contribution is -0.384. The number of nitro groups is 1. The van der Waals surface area contributed by atoms with E-state index in [1.807, 2.05) is 91.0 Å². The van der Waals surface area contributed by atoms with Crippen LogP contribution in [0.4, 0.5) is 11.4 Å². The Morgan fingerprint density at radius 3 is 1.79 bits per heavy atom. The lowest BCUT2D eigenvalue weighted by Crippen LogP contribution is -2.38. The van der Waals surface area contributed by atoms with Crippen molar-refractivity contribution in [2.24, 2.45) is 0 Å². The molecule has 186 valence electrons. The summed E-state index contributed by atoms with van der Waals surface area (Å²) in [7, 11) is 0. The molecular weight excluding hydrogens is 496 g/mol. The van der Waals surface area contributed by atoms with Crippen molar-refractivity contribution in [1.29, 1.82) is 5.41 Å². The summed E-state index contributed by atoms with van der Waals surface area (Å²) in [4.78, 5) is 15.3. The Labute approximate surface area is 225 Å². The number of nitrogens with zero attached hydrogens (tertiary/aromatic N) is 2. The number of hydrogen-bond acceptors (Lipinski definition) is 5. The second kappa shape index (κ2) is 10.7. The molecule has 0 amide bonds. The first kappa shape index (κ1) is 24.9. The highest BCUT2D eigenvalue weighted by Gasteiger charge is 2.37. The average Bonchev–Trinajstić information content (AvgIpc) is 2.97. The van der Waals surface area contributed by atoms with E-state index in [4.69, 9.17) is 17.0 Å². The van der Waals surface area contributed by atoms with Gasteiger partial charge in [0, 0.05) is 35.1 Å². The molecule has 0 aliphatic heterocycles. The minimum Gasteiger partial charge on any atom is -0.367 e. The van der Waals surface area contributed by atoms with Crippen LogP contribution < -0.4 is 5.32 Å². The summed E-state index contributed by atoms with van der Waals surface area (Å²) in [5.74, 6) is 0. The zero-order valence-corrected chi connectivity index (χ0v) is 21.0. The van der Waals surface area contributed by atoms with E-state index in [-0.39, 0.29) is 16.6 Å². The Hall–Kier alpha value is -4.81. The van der Waals surface area contributed by atoms with Crippen molar-refractivity contribution < 1.29 is 4.92 Å². The van der Waals surface area contributed by atoms with Gasteiger partial charge in [0.1, 0.15) is 10.7 Å². The van der Waals surface area contributed by atoms with Crippen LogP contribution in [0, 0.1) is 15.5 Å². The number of rotatable bonds is 8. The molecule has 0 bridgehead atoms. The molecule has 0 atom stereocenters. The molecule has 7 heteroatoms. The number of pyridine rings is 1. The SMILES string of the molecule is N=C(c1ccnc(Cl)c1)c1cc([N+](=O)[O-])ccc1NC(c1ccccc1)(c1ccccc1)c1ccccc1. The Balaban J connectivity index is 1.77. The number of anilines is 1. The molecule has 6 nitrogen and oxygen atoms in total. The first-order valence-corrected chi connectivity index (χ1v) is 12.3. The van der Waals surface area contributed by atoms with Gasteiger partial charge in [0.15, 0.2) is 0 Å². The molecule has 0 saturated carbocycles. The predicted octanol–water partition coefficient (Wildman–Crippen LogP) is 7.46. The molecule has 0 saturated heterocycles. The predicted molar refractivity (Wildman–Crippen MR) is 151 cm³/mol. The molecule has 0 spiro atoms. The smallest absolute Gasteiger partial charge is 0.270 e. The van der Waals surface area contributed by atoms with E-state index >= 15 is 0 Å². The Bertz CT molecular complexity index is 1500. The van der Waals surface area contributed by atoms with Crippen molar-refractivity contribution >= 4 is 28.7 Å². The summed E-state index contributed by atoms with van der Waals surface area (Å²) in [6, 6.07) is 37.8. The summed E-state index contributed by atoms with van der Waals surface area (Å²) in [6.07, 6.45) is 1.51. The Kier molecular flexibility index (Phi) is 6.98. The number of halogens is 1. The molecular formula is C31H23ClN4O2. The van der Waals surface area contributed by atoms with Gasteiger partial charge in [-0.3, -0.25) is 15.5 Å². The number of hydrogen-bond donors (Lipinski definition) is 2. The number of nitrogens with one attached hydrogen (secondary N) is 2. The van der Waals surface area contributed by atoms with Crippen molar-refractivity contribution in [2.75, 3.05) is 5.32 Å². The molecule has 0 radical (unpaired) electrons. The molecule has 5 aromatic rings. The zero-order chi connectivity index (χ0) is 26.5. The lowest BCUT2D eigenvalue weighted by atomic mass is 9.76. The van der Waals surface area contributed by atoms with Crippen molar-refractivity contribution in [3.63, 3.8) is 0 Å². The van der Waals surface area contributed by atoms with Gasteiger partial charge in [-0.15, -0.1) is 0 Å². The zero-order valence-electron chi connectivity index (χ0n) is 20.2. The van der Waals surface area contributed by atoms with Crippen LogP contribution in [0.25, 0.3) is 0 Å². The van der Waals surface area contributed by atoms with Crippen molar-refractivity contribution in [3.8, 4) is 0 Å². The van der Waals surface area contributed by atoms with Gasteiger partial charge in [-0.25, -0.2) is 4.98 Å². The fourth-order valence-electron chi connectivity index (χ4n) is 4.66.